The van der Waals surface area contributed by atoms with Gasteiger partial charge in [-0.15, -0.1) is 0 Å². The largest absolute Gasteiger partial charge is 0.309 e. The van der Waals surface area contributed by atoms with E-state index >= 15 is 0 Å². The van der Waals surface area contributed by atoms with Crippen LogP contribution in [0.4, 0.5) is 4.39 Å². The van der Waals surface area contributed by atoms with Crippen molar-refractivity contribution in [2.24, 2.45) is 11.8 Å². The van der Waals surface area contributed by atoms with Gasteiger partial charge in [0.25, 0.3) is 0 Å². The molecule has 2 rings (SSSR count). The molecule has 0 amide bonds. The first-order valence-corrected chi connectivity index (χ1v) is 7.61. The monoisotopic (exact) mass is 264 g/mol. The molecule has 0 radical (unpaired) electrons. The second kappa shape index (κ2) is 6.99. The van der Waals surface area contributed by atoms with Crippen LogP contribution in [-0.2, 0) is 0 Å². The second-order valence-electron chi connectivity index (χ2n) is 5.52. The molecule has 3 unspecified atom stereocenters. The van der Waals surface area contributed by atoms with E-state index in [0.29, 0.717) is 17.5 Å². The summed E-state index contributed by atoms with van der Waals surface area (Å²) in [6, 6.07) is 3.26. The molecule has 0 aliphatic heterocycles. The highest BCUT2D eigenvalue weighted by atomic mass is 19.1. The maximum Gasteiger partial charge on any atom is 0.146 e. The van der Waals surface area contributed by atoms with Crippen LogP contribution in [0.25, 0.3) is 0 Å². The molecule has 0 bridgehead atoms. The molecule has 0 saturated heterocycles. The first-order chi connectivity index (χ1) is 9.27. The molecule has 2 nitrogen and oxygen atoms in total. The molecule has 1 heterocycles. The van der Waals surface area contributed by atoms with E-state index in [-0.39, 0.29) is 11.9 Å². The molecular weight excluding hydrogens is 239 g/mol. The summed E-state index contributed by atoms with van der Waals surface area (Å²) in [5.41, 5.74) is 0.606. The van der Waals surface area contributed by atoms with E-state index < -0.39 is 0 Å². The first kappa shape index (κ1) is 14.4. The van der Waals surface area contributed by atoms with E-state index in [4.69, 9.17) is 0 Å². The lowest BCUT2D eigenvalue weighted by molar-refractivity contribution is 0.172. The summed E-state index contributed by atoms with van der Waals surface area (Å²) in [6.07, 6.45) is 7.92. The average molecular weight is 264 g/mol. The zero-order chi connectivity index (χ0) is 13.7. The lowest BCUT2D eigenvalue weighted by Crippen LogP contribution is -2.35. The molecule has 1 aliphatic carbocycles. The van der Waals surface area contributed by atoms with Gasteiger partial charge in [-0.2, -0.15) is 0 Å². The number of halogens is 1. The van der Waals surface area contributed by atoms with Crippen molar-refractivity contribution in [1.29, 1.82) is 0 Å². The summed E-state index contributed by atoms with van der Waals surface area (Å²) in [7, 11) is 0. The number of aromatic nitrogens is 1. The number of hydrogen-bond acceptors (Lipinski definition) is 2. The van der Waals surface area contributed by atoms with Crippen LogP contribution in [-0.4, -0.2) is 11.5 Å². The van der Waals surface area contributed by atoms with Crippen molar-refractivity contribution in [1.82, 2.24) is 10.3 Å². The Morgan fingerprint density at radius 1 is 1.37 bits per heavy atom. The van der Waals surface area contributed by atoms with Gasteiger partial charge in [-0.3, -0.25) is 4.98 Å². The van der Waals surface area contributed by atoms with Crippen LogP contribution < -0.4 is 5.32 Å². The molecule has 106 valence electrons. The van der Waals surface area contributed by atoms with Crippen molar-refractivity contribution in [3.8, 4) is 0 Å². The molecule has 19 heavy (non-hydrogen) atoms. The van der Waals surface area contributed by atoms with Gasteiger partial charge in [0.15, 0.2) is 0 Å². The number of hydrogen-bond donors (Lipinski definition) is 1. The Morgan fingerprint density at radius 3 is 2.84 bits per heavy atom. The lowest BCUT2D eigenvalue weighted by atomic mass is 9.73. The number of nitrogens with one attached hydrogen (secondary N) is 1. The predicted octanol–water partition coefficient (Wildman–Crippen LogP) is 4.09. The van der Waals surface area contributed by atoms with Gasteiger partial charge in [-0.05, 0) is 36.9 Å². The fourth-order valence-corrected chi connectivity index (χ4v) is 3.48. The van der Waals surface area contributed by atoms with Gasteiger partial charge in [-0.25, -0.2) is 4.39 Å². The molecule has 0 aromatic carbocycles. The quantitative estimate of drug-likeness (QED) is 0.866. The van der Waals surface area contributed by atoms with Crippen LogP contribution in [0.15, 0.2) is 18.3 Å². The van der Waals surface area contributed by atoms with Crippen LogP contribution in [0.5, 0.6) is 0 Å². The maximum absolute atomic E-state index is 14.0. The van der Waals surface area contributed by atoms with Crippen molar-refractivity contribution in [2.75, 3.05) is 6.54 Å². The van der Waals surface area contributed by atoms with Gasteiger partial charge < -0.3 is 5.32 Å². The van der Waals surface area contributed by atoms with Gasteiger partial charge in [0.2, 0.25) is 0 Å². The predicted molar refractivity (Wildman–Crippen MR) is 76.4 cm³/mol. The Hall–Kier alpha value is -0.960. The number of pyridine rings is 1. The Labute approximate surface area is 115 Å². The highest BCUT2D eigenvalue weighted by Crippen LogP contribution is 2.40. The molecular formula is C16H25FN2. The summed E-state index contributed by atoms with van der Waals surface area (Å²) in [5, 5.41) is 3.47. The molecule has 3 atom stereocenters. The third kappa shape index (κ3) is 3.33. The van der Waals surface area contributed by atoms with Crippen LogP contribution >= 0.6 is 0 Å². The van der Waals surface area contributed by atoms with E-state index in [1.54, 1.807) is 12.3 Å². The van der Waals surface area contributed by atoms with Crippen LogP contribution in [0.3, 0.4) is 0 Å². The SMILES string of the molecule is CCNC(c1ncccc1F)C1CCCCC1CC. The summed E-state index contributed by atoms with van der Waals surface area (Å²) < 4.78 is 14.0. The number of rotatable bonds is 5. The summed E-state index contributed by atoms with van der Waals surface area (Å²) >= 11 is 0. The minimum absolute atomic E-state index is 0.0662. The summed E-state index contributed by atoms with van der Waals surface area (Å²) in [5.74, 6) is 1.04. The third-order valence-electron chi connectivity index (χ3n) is 4.43. The van der Waals surface area contributed by atoms with Gasteiger partial charge in [0.05, 0.1) is 11.7 Å². The van der Waals surface area contributed by atoms with Crippen LogP contribution in [0, 0.1) is 17.7 Å². The Morgan fingerprint density at radius 2 is 2.16 bits per heavy atom. The third-order valence-corrected chi connectivity index (χ3v) is 4.43. The maximum atomic E-state index is 14.0. The Kier molecular flexibility index (Phi) is 5.32. The van der Waals surface area contributed by atoms with Crippen molar-refractivity contribution in [3.05, 3.63) is 29.8 Å². The van der Waals surface area contributed by atoms with Crippen molar-refractivity contribution in [2.45, 2.75) is 52.0 Å². The Balaban J connectivity index is 2.26. The van der Waals surface area contributed by atoms with E-state index in [2.05, 4.69) is 24.1 Å². The Bertz CT molecular complexity index is 394. The molecule has 3 heteroatoms. The zero-order valence-corrected chi connectivity index (χ0v) is 12.0. The molecule has 1 N–H and O–H groups in total. The molecule has 1 fully saturated rings. The fraction of sp³-hybridized carbons (Fsp3) is 0.688. The molecule has 0 spiro atoms. The topological polar surface area (TPSA) is 24.9 Å². The first-order valence-electron chi connectivity index (χ1n) is 7.61. The minimum Gasteiger partial charge on any atom is -0.309 e. The van der Waals surface area contributed by atoms with Crippen LogP contribution in [0.2, 0.25) is 0 Å². The highest BCUT2D eigenvalue weighted by Gasteiger charge is 2.33. The molecule has 1 aliphatic rings. The smallest absolute Gasteiger partial charge is 0.146 e. The molecule has 1 saturated carbocycles. The zero-order valence-electron chi connectivity index (χ0n) is 12.0. The van der Waals surface area contributed by atoms with E-state index in [0.717, 1.165) is 6.54 Å². The highest BCUT2D eigenvalue weighted by molar-refractivity contribution is 5.13. The molecule has 1 aromatic heterocycles. The minimum atomic E-state index is -0.172. The van der Waals surface area contributed by atoms with E-state index in [9.17, 15) is 4.39 Å². The van der Waals surface area contributed by atoms with Crippen LogP contribution in [0.1, 0.15) is 57.7 Å². The van der Waals surface area contributed by atoms with Gasteiger partial charge in [-0.1, -0.05) is 39.5 Å². The van der Waals surface area contributed by atoms with Gasteiger partial charge in [0.1, 0.15) is 5.82 Å². The second-order valence-corrected chi connectivity index (χ2v) is 5.52. The van der Waals surface area contributed by atoms with Gasteiger partial charge in [0, 0.05) is 6.20 Å². The van der Waals surface area contributed by atoms with E-state index in [1.807, 2.05) is 0 Å². The van der Waals surface area contributed by atoms with E-state index in [1.165, 1.54) is 38.2 Å². The average Bonchev–Trinajstić information content (AvgIpc) is 2.46. The van der Waals surface area contributed by atoms with Crippen molar-refractivity contribution < 1.29 is 4.39 Å². The standard InChI is InChI=1S/C16H25FN2/c1-3-12-8-5-6-9-13(12)15(18-4-2)16-14(17)10-7-11-19-16/h7,10-13,15,18H,3-6,8-9H2,1-2H3. The summed E-state index contributed by atoms with van der Waals surface area (Å²) in [6.45, 7) is 5.19. The number of nitrogens with zero attached hydrogens (tertiary/aromatic N) is 1. The van der Waals surface area contributed by atoms with Crippen molar-refractivity contribution >= 4 is 0 Å². The fourth-order valence-electron chi connectivity index (χ4n) is 3.48. The summed E-state index contributed by atoms with van der Waals surface area (Å²) in [4.78, 5) is 4.30. The normalized spacial score (nSPS) is 25.2. The molecule has 1 aromatic rings. The lowest BCUT2D eigenvalue weighted by Gasteiger charge is -2.37. The van der Waals surface area contributed by atoms with Crippen molar-refractivity contribution in [3.63, 3.8) is 0 Å². The van der Waals surface area contributed by atoms with Gasteiger partial charge >= 0.3 is 0 Å².